The van der Waals surface area contributed by atoms with Crippen LogP contribution in [0.5, 0.6) is 0 Å². The summed E-state index contributed by atoms with van der Waals surface area (Å²) in [7, 11) is -3.80. The Hall–Kier alpha value is -3.39. The van der Waals surface area contributed by atoms with Gasteiger partial charge in [-0.05, 0) is 45.0 Å². The van der Waals surface area contributed by atoms with Crippen molar-refractivity contribution in [1.29, 1.82) is 0 Å². The predicted molar refractivity (Wildman–Crippen MR) is 111 cm³/mol. The Balaban J connectivity index is 1.64. The highest BCUT2D eigenvalue weighted by Crippen LogP contribution is 2.22. The summed E-state index contributed by atoms with van der Waals surface area (Å²) < 4.78 is 32.3. The second-order valence-corrected chi connectivity index (χ2v) is 8.24. The fraction of sp³-hybridized carbons (Fsp3) is 0.143. The Kier molecular flexibility index (Phi) is 5.84. The maximum atomic E-state index is 12.5. The highest BCUT2D eigenvalue weighted by atomic mass is 32.2. The average Bonchev–Trinajstić information content (AvgIpc) is 3.00. The van der Waals surface area contributed by atoms with Gasteiger partial charge in [0.15, 0.2) is 5.78 Å². The van der Waals surface area contributed by atoms with Crippen LogP contribution in [0.15, 0.2) is 70.2 Å². The molecule has 0 bridgehead atoms. The van der Waals surface area contributed by atoms with Gasteiger partial charge in [0.2, 0.25) is 5.88 Å². The van der Waals surface area contributed by atoms with E-state index >= 15 is 0 Å². The van der Waals surface area contributed by atoms with Gasteiger partial charge >= 0.3 is 0 Å². The quantitative estimate of drug-likeness (QED) is 0.446. The van der Waals surface area contributed by atoms with E-state index in [0.29, 0.717) is 22.5 Å². The third-order valence-electron chi connectivity index (χ3n) is 4.37. The minimum atomic E-state index is -3.80. The molecule has 2 aromatic carbocycles. The number of benzene rings is 2. The molecular weight excluding hydrogens is 390 g/mol. The Morgan fingerprint density at radius 1 is 1.00 bits per heavy atom. The zero-order chi connectivity index (χ0) is 21.0. The summed E-state index contributed by atoms with van der Waals surface area (Å²) in [5, 5.41) is 6.69. The second kappa shape index (κ2) is 8.32. The van der Waals surface area contributed by atoms with Crippen molar-refractivity contribution in [3.8, 4) is 0 Å². The topological polar surface area (TPSA) is 101 Å². The zero-order valence-electron chi connectivity index (χ0n) is 16.3. The summed E-state index contributed by atoms with van der Waals surface area (Å²) in [6.45, 7) is 5.41. The van der Waals surface area contributed by atoms with Gasteiger partial charge in [-0.2, -0.15) is 0 Å². The van der Waals surface area contributed by atoms with Crippen LogP contribution in [0.25, 0.3) is 0 Å². The number of carbonyl (C=O) groups excluding carboxylic acids is 1. The fourth-order valence-corrected chi connectivity index (χ4v) is 3.50. The van der Waals surface area contributed by atoms with Gasteiger partial charge < -0.3 is 9.84 Å². The molecule has 0 aliphatic heterocycles. The molecule has 0 amide bonds. The van der Waals surface area contributed by atoms with E-state index < -0.39 is 10.0 Å². The summed E-state index contributed by atoms with van der Waals surface area (Å²) in [4.78, 5) is 12.2. The van der Waals surface area contributed by atoms with E-state index in [2.05, 4.69) is 15.2 Å². The lowest BCUT2D eigenvalue weighted by atomic mass is 10.1. The van der Waals surface area contributed by atoms with E-state index in [-0.39, 0.29) is 16.6 Å². The second-order valence-electron chi connectivity index (χ2n) is 6.56. The number of aromatic nitrogens is 1. The molecule has 0 saturated heterocycles. The van der Waals surface area contributed by atoms with Gasteiger partial charge in [0.25, 0.3) is 10.0 Å². The molecule has 7 nitrogen and oxygen atoms in total. The van der Waals surface area contributed by atoms with Crippen molar-refractivity contribution in [3.63, 3.8) is 0 Å². The van der Waals surface area contributed by atoms with Crippen molar-refractivity contribution in [2.75, 3.05) is 10.0 Å². The Morgan fingerprint density at radius 2 is 1.66 bits per heavy atom. The highest BCUT2D eigenvalue weighted by molar-refractivity contribution is 7.92. The first-order chi connectivity index (χ1) is 13.8. The average molecular weight is 411 g/mol. The lowest BCUT2D eigenvalue weighted by Crippen LogP contribution is -2.13. The van der Waals surface area contributed by atoms with E-state index in [1.807, 2.05) is 19.1 Å². The number of rotatable bonds is 7. The molecule has 0 radical (unpaired) electrons. The number of allylic oxidation sites excluding steroid dienone is 1. The first-order valence-electron chi connectivity index (χ1n) is 8.86. The third kappa shape index (κ3) is 4.91. The number of nitrogens with zero attached hydrogens (tertiary/aromatic N) is 1. The highest BCUT2D eigenvalue weighted by Gasteiger charge is 2.19. The van der Waals surface area contributed by atoms with E-state index in [1.54, 1.807) is 38.1 Å². The maximum absolute atomic E-state index is 12.5. The molecule has 0 aliphatic carbocycles. The minimum Gasteiger partial charge on any atom is -0.362 e. The van der Waals surface area contributed by atoms with Gasteiger partial charge in [-0.25, -0.2) is 13.1 Å². The van der Waals surface area contributed by atoms with E-state index in [9.17, 15) is 13.2 Å². The molecule has 0 unspecified atom stereocenters. The van der Waals surface area contributed by atoms with Crippen molar-refractivity contribution in [2.24, 2.45) is 0 Å². The number of nitrogens with one attached hydrogen (secondary N) is 2. The number of hydrogen-bond acceptors (Lipinski definition) is 6. The lowest BCUT2D eigenvalue weighted by Gasteiger charge is -2.07. The number of sulfonamides is 1. The van der Waals surface area contributed by atoms with Gasteiger partial charge in [-0.15, -0.1) is 0 Å². The summed E-state index contributed by atoms with van der Waals surface area (Å²) in [6.07, 6.45) is 2.94. The summed E-state index contributed by atoms with van der Waals surface area (Å²) in [5.41, 5.74) is 3.58. The predicted octanol–water partition coefficient (Wildman–Crippen LogP) is 4.21. The normalized spacial score (nSPS) is 11.6. The minimum absolute atomic E-state index is 0.0798. The molecule has 0 saturated carbocycles. The van der Waals surface area contributed by atoms with Crippen LogP contribution in [-0.4, -0.2) is 19.4 Å². The molecule has 1 heterocycles. The number of carbonyl (C=O) groups is 1. The Labute approximate surface area is 169 Å². The lowest BCUT2D eigenvalue weighted by molar-refractivity contribution is 0.104. The standard InChI is InChI=1S/C21H21N3O4S/c1-14-4-6-17(7-5-14)20(25)12-13-22-18-8-10-19(11-9-18)29(26,27)24-21-15(2)16(3)23-28-21/h4-13,22,24H,1-3H3/b13-12-. The van der Waals surface area contributed by atoms with Crippen molar-refractivity contribution in [2.45, 2.75) is 25.7 Å². The van der Waals surface area contributed by atoms with Crippen molar-refractivity contribution < 1.29 is 17.7 Å². The number of hydrogen-bond donors (Lipinski definition) is 2. The van der Waals surface area contributed by atoms with Gasteiger partial charge in [0.1, 0.15) is 0 Å². The van der Waals surface area contributed by atoms with Crippen molar-refractivity contribution in [3.05, 3.63) is 83.2 Å². The third-order valence-corrected chi connectivity index (χ3v) is 5.72. The van der Waals surface area contributed by atoms with Crippen LogP contribution in [0, 0.1) is 20.8 Å². The van der Waals surface area contributed by atoms with Crippen LogP contribution >= 0.6 is 0 Å². The number of ketones is 1. The van der Waals surface area contributed by atoms with Gasteiger partial charge in [-0.3, -0.25) is 4.79 Å². The Bertz CT molecular complexity index is 1150. The molecule has 0 fully saturated rings. The van der Waals surface area contributed by atoms with Crippen LogP contribution in [0.2, 0.25) is 0 Å². The molecule has 2 N–H and O–H groups in total. The monoisotopic (exact) mass is 411 g/mol. The van der Waals surface area contributed by atoms with Gasteiger partial charge in [-0.1, -0.05) is 35.0 Å². The molecule has 0 spiro atoms. The van der Waals surface area contributed by atoms with Crippen LogP contribution in [-0.2, 0) is 10.0 Å². The number of aryl methyl sites for hydroxylation is 2. The molecule has 150 valence electrons. The van der Waals surface area contributed by atoms with Crippen LogP contribution in [0.1, 0.15) is 27.2 Å². The largest absolute Gasteiger partial charge is 0.362 e. The first kappa shape index (κ1) is 20.3. The Morgan fingerprint density at radius 3 is 2.24 bits per heavy atom. The summed E-state index contributed by atoms with van der Waals surface area (Å²) in [6, 6.07) is 13.4. The molecule has 3 rings (SSSR count). The van der Waals surface area contributed by atoms with Crippen molar-refractivity contribution in [1.82, 2.24) is 5.16 Å². The molecule has 0 atom stereocenters. The molecule has 1 aromatic heterocycles. The van der Waals surface area contributed by atoms with E-state index in [1.165, 1.54) is 24.4 Å². The fourth-order valence-electron chi connectivity index (χ4n) is 2.45. The van der Waals surface area contributed by atoms with Crippen LogP contribution in [0.4, 0.5) is 11.6 Å². The molecule has 8 heteroatoms. The smallest absolute Gasteiger partial charge is 0.264 e. The van der Waals surface area contributed by atoms with Gasteiger partial charge in [0.05, 0.1) is 10.6 Å². The number of anilines is 2. The van der Waals surface area contributed by atoms with Crippen LogP contribution in [0.3, 0.4) is 0 Å². The van der Waals surface area contributed by atoms with E-state index in [0.717, 1.165) is 5.56 Å². The molecule has 3 aromatic rings. The van der Waals surface area contributed by atoms with Crippen LogP contribution < -0.4 is 10.0 Å². The zero-order valence-corrected chi connectivity index (χ0v) is 17.1. The summed E-state index contributed by atoms with van der Waals surface area (Å²) in [5.74, 6) is -0.0270. The van der Waals surface area contributed by atoms with Crippen molar-refractivity contribution >= 4 is 27.4 Å². The molecular formula is C21H21N3O4S. The first-order valence-corrected chi connectivity index (χ1v) is 10.3. The SMILES string of the molecule is Cc1ccc(C(=O)/C=C\Nc2ccc(S(=O)(=O)Nc3onc(C)c3C)cc2)cc1. The summed E-state index contributed by atoms with van der Waals surface area (Å²) >= 11 is 0. The van der Waals surface area contributed by atoms with Gasteiger partial charge in [0, 0.05) is 29.1 Å². The maximum Gasteiger partial charge on any atom is 0.264 e. The molecule has 29 heavy (non-hydrogen) atoms. The van der Waals surface area contributed by atoms with E-state index in [4.69, 9.17) is 4.52 Å². The molecule has 0 aliphatic rings.